The fraction of sp³-hybridized carbons (Fsp3) is 0.500. The molecule has 0 radical (unpaired) electrons. The number of piperidine rings is 2. The molecule has 0 saturated carbocycles. The van der Waals surface area contributed by atoms with Crippen LogP contribution in [0.3, 0.4) is 0 Å². The quantitative estimate of drug-likeness (QED) is 0.825. The SMILES string of the molecule is c1ccc(CN2CCCC(NCN3CCC4N=C(c5ccncc5)C4C3)C2)cc1. The van der Waals surface area contributed by atoms with Crippen LogP contribution in [0, 0.1) is 5.92 Å². The minimum absolute atomic E-state index is 0.533. The molecule has 29 heavy (non-hydrogen) atoms. The number of likely N-dealkylation sites (tertiary alicyclic amines) is 2. The van der Waals surface area contributed by atoms with Crippen LogP contribution in [0.2, 0.25) is 0 Å². The van der Waals surface area contributed by atoms with Crippen molar-refractivity contribution in [3.8, 4) is 0 Å². The van der Waals surface area contributed by atoms with Crippen LogP contribution in [0.1, 0.15) is 30.4 Å². The molecule has 4 heterocycles. The third kappa shape index (κ3) is 4.42. The van der Waals surface area contributed by atoms with Crippen molar-refractivity contribution in [1.29, 1.82) is 0 Å². The number of hydrogen-bond donors (Lipinski definition) is 1. The summed E-state index contributed by atoms with van der Waals surface area (Å²) in [5.74, 6) is 0.592. The topological polar surface area (TPSA) is 43.8 Å². The first kappa shape index (κ1) is 18.9. The zero-order valence-electron chi connectivity index (χ0n) is 17.1. The molecule has 3 atom stereocenters. The van der Waals surface area contributed by atoms with Crippen molar-refractivity contribution in [3.05, 3.63) is 66.0 Å². The Bertz CT molecular complexity index is 822. The van der Waals surface area contributed by atoms with Gasteiger partial charge in [0.25, 0.3) is 0 Å². The molecule has 2 saturated heterocycles. The van der Waals surface area contributed by atoms with E-state index in [2.05, 4.69) is 62.6 Å². The van der Waals surface area contributed by atoms with Gasteiger partial charge in [-0.05, 0) is 49.1 Å². The van der Waals surface area contributed by atoms with Gasteiger partial charge in [0.1, 0.15) is 0 Å². The van der Waals surface area contributed by atoms with Gasteiger partial charge >= 0.3 is 0 Å². The van der Waals surface area contributed by atoms with Gasteiger partial charge in [0, 0.05) is 62.9 Å². The molecule has 152 valence electrons. The smallest absolute Gasteiger partial charge is 0.0611 e. The van der Waals surface area contributed by atoms with E-state index < -0.39 is 0 Å². The fourth-order valence-electron chi connectivity index (χ4n) is 5.04. The van der Waals surface area contributed by atoms with E-state index in [9.17, 15) is 0 Å². The summed E-state index contributed by atoms with van der Waals surface area (Å²) >= 11 is 0. The number of rotatable bonds is 6. The van der Waals surface area contributed by atoms with E-state index in [-0.39, 0.29) is 0 Å². The highest BCUT2D eigenvalue weighted by Crippen LogP contribution is 2.32. The number of aliphatic imine (C=N–C) groups is 1. The summed E-state index contributed by atoms with van der Waals surface area (Å²) in [6, 6.07) is 16.2. The second-order valence-electron chi connectivity index (χ2n) is 8.71. The lowest BCUT2D eigenvalue weighted by molar-refractivity contribution is 0.132. The number of hydrogen-bond acceptors (Lipinski definition) is 5. The van der Waals surface area contributed by atoms with Gasteiger partial charge in [-0.2, -0.15) is 0 Å². The maximum atomic E-state index is 4.88. The average Bonchev–Trinajstić information content (AvgIpc) is 2.75. The Morgan fingerprint density at radius 3 is 2.66 bits per heavy atom. The second-order valence-corrected chi connectivity index (χ2v) is 8.71. The van der Waals surface area contributed by atoms with Crippen LogP contribution in [-0.2, 0) is 6.54 Å². The molecule has 5 rings (SSSR count). The minimum atomic E-state index is 0.533. The maximum absolute atomic E-state index is 4.88. The first-order valence-corrected chi connectivity index (χ1v) is 11.1. The van der Waals surface area contributed by atoms with Crippen LogP contribution >= 0.6 is 0 Å². The molecule has 5 nitrogen and oxygen atoms in total. The summed E-state index contributed by atoms with van der Waals surface area (Å²) in [5.41, 5.74) is 3.96. The van der Waals surface area contributed by atoms with Gasteiger partial charge in [0.15, 0.2) is 0 Å². The monoisotopic (exact) mass is 389 g/mol. The standard InChI is InChI=1S/C24H31N5/c1-2-5-19(6-3-1)15-28-13-4-7-21(16-28)26-18-29-14-10-23-22(17-29)24(27-23)20-8-11-25-12-9-20/h1-3,5-6,8-9,11-12,21-23,26H,4,7,10,13-18H2. The summed E-state index contributed by atoms with van der Waals surface area (Å²) < 4.78 is 0. The Kier molecular flexibility index (Phi) is 5.70. The summed E-state index contributed by atoms with van der Waals surface area (Å²) in [4.78, 5) is 14.2. The second kappa shape index (κ2) is 8.74. The summed E-state index contributed by atoms with van der Waals surface area (Å²) in [6.45, 7) is 6.71. The van der Waals surface area contributed by atoms with Crippen LogP contribution in [0.5, 0.6) is 0 Å². The zero-order chi connectivity index (χ0) is 19.5. The van der Waals surface area contributed by atoms with Crippen LogP contribution in [0.4, 0.5) is 0 Å². The lowest BCUT2D eigenvalue weighted by atomic mass is 9.80. The number of fused-ring (bicyclic) bond motifs is 1. The molecule has 0 aliphatic carbocycles. The average molecular weight is 390 g/mol. The van der Waals surface area contributed by atoms with Gasteiger partial charge in [-0.1, -0.05) is 30.3 Å². The number of pyridine rings is 1. The van der Waals surface area contributed by atoms with Gasteiger partial charge in [-0.15, -0.1) is 0 Å². The number of nitrogens with zero attached hydrogens (tertiary/aromatic N) is 4. The normalized spacial score (nSPS) is 27.7. The molecule has 2 aromatic rings. The molecule has 0 bridgehead atoms. The van der Waals surface area contributed by atoms with Gasteiger partial charge in [0.05, 0.1) is 6.04 Å². The van der Waals surface area contributed by atoms with E-state index in [1.807, 2.05) is 12.4 Å². The molecule has 1 aromatic carbocycles. The molecular weight excluding hydrogens is 358 g/mol. The first-order chi connectivity index (χ1) is 14.3. The van der Waals surface area contributed by atoms with Crippen LogP contribution in [0.15, 0.2) is 59.9 Å². The Morgan fingerprint density at radius 1 is 0.931 bits per heavy atom. The third-order valence-corrected chi connectivity index (χ3v) is 6.65. The molecule has 1 N–H and O–H groups in total. The molecule has 3 aliphatic rings. The summed E-state index contributed by atoms with van der Waals surface area (Å²) in [7, 11) is 0. The van der Waals surface area contributed by atoms with E-state index in [1.165, 1.54) is 42.6 Å². The van der Waals surface area contributed by atoms with Crippen molar-refractivity contribution in [2.45, 2.75) is 37.9 Å². The molecule has 1 aromatic heterocycles. The van der Waals surface area contributed by atoms with E-state index in [0.717, 1.165) is 32.8 Å². The van der Waals surface area contributed by atoms with Crippen molar-refractivity contribution < 1.29 is 0 Å². The van der Waals surface area contributed by atoms with Crippen LogP contribution < -0.4 is 5.32 Å². The Hall–Kier alpha value is -2.08. The Balaban J connectivity index is 1.11. The Morgan fingerprint density at radius 2 is 1.79 bits per heavy atom. The van der Waals surface area contributed by atoms with Crippen molar-refractivity contribution >= 4 is 5.71 Å². The third-order valence-electron chi connectivity index (χ3n) is 6.65. The maximum Gasteiger partial charge on any atom is 0.0611 e. The van der Waals surface area contributed by atoms with Gasteiger partial charge in [0.2, 0.25) is 0 Å². The summed E-state index contributed by atoms with van der Waals surface area (Å²) in [5, 5.41) is 3.86. The summed E-state index contributed by atoms with van der Waals surface area (Å²) in [6.07, 6.45) is 7.50. The van der Waals surface area contributed by atoms with Crippen LogP contribution in [-0.4, -0.2) is 65.4 Å². The van der Waals surface area contributed by atoms with Crippen molar-refractivity contribution in [2.75, 3.05) is 32.8 Å². The van der Waals surface area contributed by atoms with Crippen molar-refractivity contribution in [1.82, 2.24) is 20.1 Å². The predicted octanol–water partition coefficient (Wildman–Crippen LogP) is 2.79. The zero-order valence-corrected chi connectivity index (χ0v) is 17.1. The molecule has 5 heteroatoms. The van der Waals surface area contributed by atoms with Gasteiger partial charge in [-0.25, -0.2) is 0 Å². The highest BCUT2D eigenvalue weighted by atomic mass is 15.3. The van der Waals surface area contributed by atoms with Crippen molar-refractivity contribution in [2.24, 2.45) is 10.9 Å². The van der Waals surface area contributed by atoms with E-state index >= 15 is 0 Å². The predicted molar refractivity (Wildman–Crippen MR) is 117 cm³/mol. The number of nitrogens with one attached hydrogen (secondary N) is 1. The van der Waals surface area contributed by atoms with E-state index in [4.69, 9.17) is 4.99 Å². The molecule has 3 aliphatic heterocycles. The van der Waals surface area contributed by atoms with Gasteiger partial charge < -0.3 is 5.32 Å². The van der Waals surface area contributed by atoms with Gasteiger partial charge in [-0.3, -0.25) is 19.8 Å². The number of aromatic nitrogens is 1. The minimum Gasteiger partial charge on any atom is -0.300 e. The van der Waals surface area contributed by atoms with E-state index in [1.54, 1.807) is 0 Å². The molecule has 2 fully saturated rings. The number of benzene rings is 1. The lowest BCUT2D eigenvalue weighted by Crippen LogP contribution is -2.55. The molecule has 0 spiro atoms. The van der Waals surface area contributed by atoms with E-state index in [0.29, 0.717) is 18.0 Å². The van der Waals surface area contributed by atoms with Crippen LogP contribution in [0.25, 0.3) is 0 Å². The molecular formula is C24H31N5. The lowest BCUT2D eigenvalue weighted by Gasteiger charge is -2.44. The molecule has 3 unspecified atom stereocenters. The Labute approximate surface area is 173 Å². The first-order valence-electron chi connectivity index (χ1n) is 11.1. The highest BCUT2D eigenvalue weighted by Gasteiger charge is 2.39. The fourth-order valence-corrected chi connectivity index (χ4v) is 5.04. The highest BCUT2D eigenvalue weighted by molar-refractivity contribution is 6.06. The van der Waals surface area contributed by atoms with Crippen molar-refractivity contribution in [3.63, 3.8) is 0 Å². The largest absolute Gasteiger partial charge is 0.300 e. The molecule has 0 amide bonds.